The van der Waals surface area contributed by atoms with Crippen LogP contribution in [0, 0.1) is 11.8 Å². The summed E-state index contributed by atoms with van der Waals surface area (Å²) in [5.74, 6) is -0.277. The fraction of sp³-hybridized carbons (Fsp3) is 0.714. The van der Waals surface area contributed by atoms with Gasteiger partial charge in [0, 0.05) is 0 Å². The van der Waals surface area contributed by atoms with Gasteiger partial charge in [0.1, 0.15) is 0 Å². The Morgan fingerprint density at radius 2 is 2.00 bits per heavy atom. The summed E-state index contributed by atoms with van der Waals surface area (Å²) in [5.41, 5.74) is 0. The normalized spacial score (nSPS) is 32.6. The lowest BCUT2D eigenvalue weighted by Crippen LogP contribution is -2.08. The molecule has 1 heterocycles. The van der Waals surface area contributed by atoms with Gasteiger partial charge < -0.3 is 4.74 Å². The average Bonchev–Trinajstić information content (AvgIpc) is 2.61. The highest BCUT2D eigenvalue weighted by Crippen LogP contribution is 2.41. The average molecular weight is 140 g/mol. The minimum atomic E-state index is -0.345. The fourth-order valence-corrected chi connectivity index (χ4v) is 1.35. The third-order valence-electron chi connectivity index (χ3n) is 2.09. The Hall–Kier alpha value is -0.860. The lowest BCUT2D eigenvalue weighted by atomic mass is 10.0. The zero-order valence-corrected chi connectivity index (χ0v) is 5.50. The van der Waals surface area contributed by atoms with Crippen molar-refractivity contribution in [2.24, 2.45) is 11.8 Å². The van der Waals surface area contributed by atoms with Crippen LogP contribution >= 0.6 is 0 Å². The molecule has 0 amide bonds. The van der Waals surface area contributed by atoms with Crippen LogP contribution in [0.5, 0.6) is 0 Å². The molecule has 3 heteroatoms. The van der Waals surface area contributed by atoms with Crippen LogP contribution in [0.15, 0.2) is 0 Å². The molecule has 0 aromatic carbocycles. The van der Waals surface area contributed by atoms with Crippen molar-refractivity contribution in [1.82, 2.24) is 0 Å². The van der Waals surface area contributed by atoms with Crippen LogP contribution in [0.2, 0.25) is 0 Å². The molecule has 10 heavy (non-hydrogen) atoms. The summed E-state index contributed by atoms with van der Waals surface area (Å²) in [5, 5.41) is 0. The van der Waals surface area contributed by atoms with Crippen molar-refractivity contribution >= 4 is 11.9 Å². The molecule has 0 aromatic rings. The topological polar surface area (TPSA) is 43.4 Å². The standard InChI is InChI=1S/C7H8O3/c8-6-3-5(4-1-2-4)7(9)10-6/h4-5H,1-3H2. The number of esters is 2. The zero-order chi connectivity index (χ0) is 7.14. The van der Waals surface area contributed by atoms with Gasteiger partial charge in [0.2, 0.25) is 0 Å². The van der Waals surface area contributed by atoms with E-state index in [9.17, 15) is 9.59 Å². The first-order chi connectivity index (χ1) is 4.77. The second kappa shape index (κ2) is 1.81. The van der Waals surface area contributed by atoms with Crippen LogP contribution in [-0.2, 0) is 14.3 Å². The Kier molecular flexibility index (Phi) is 1.07. The predicted molar refractivity (Wildman–Crippen MR) is 31.9 cm³/mol. The molecule has 1 saturated carbocycles. The monoisotopic (exact) mass is 140 g/mol. The summed E-state index contributed by atoms with van der Waals surface area (Å²) >= 11 is 0. The van der Waals surface area contributed by atoms with E-state index in [0.29, 0.717) is 12.3 Å². The van der Waals surface area contributed by atoms with Crippen molar-refractivity contribution in [2.45, 2.75) is 19.3 Å². The summed E-state index contributed by atoms with van der Waals surface area (Å²) < 4.78 is 4.40. The molecule has 2 fully saturated rings. The number of rotatable bonds is 1. The summed E-state index contributed by atoms with van der Waals surface area (Å²) in [6.07, 6.45) is 2.50. The van der Waals surface area contributed by atoms with Crippen LogP contribution < -0.4 is 0 Å². The highest BCUT2D eigenvalue weighted by molar-refractivity contribution is 5.94. The van der Waals surface area contributed by atoms with Gasteiger partial charge in [-0.25, -0.2) is 0 Å². The van der Waals surface area contributed by atoms with Gasteiger partial charge in [-0.15, -0.1) is 0 Å². The molecule has 2 aliphatic rings. The number of hydrogen-bond donors (Lipinski definition) is 0. The van der Waals surface area contributed by atoms with Crippen LogP contribution in [0.25, 0.3) is 0 Å². The third kappa shape index (κ3) is 0.818. The van der Waals surface area contributed by atoms with E-state index in [0.717, 1.165) is 12.8 Å². The molecular weight excluding hydrogens is 132 g/mol. The summed E-state index contributed by atoms with van der Waals surface area (Å²) in [4.78, 5) is 21.4. The molecular formula is C7H8O3. The van der Waals surface area contributed by atoms with Gasteiger partial charge in [-0.05, 0) is 18.8 Å². The zero-order valence-electron chi connectivity index (χ0n) is 5.50. The van der Waals surface area contributed by atoms with Gasteiger partial charge in [-0.1, -0.05) is 0 Å². The van der Waals surface area contributed by atoms with Crippen molar-refractivity contribution < 1.29 is 14.3 Å². The molecule has 0 N–H and O–H groups in total. The molecule has 2 rings (SSSR count). The molecule has 1 saturated heterocycles. The van der Waals surface area contributed by atoms with Gasteiger partial charge in [0.05, 0.1) is 12.3 Å². The number of carbonyl (C=O) groups is 2. The lowest BCUT2D eigenvalue weighted by molar-refractivity contribution is -0.153. The van der Waals surface area contributed by atoms with E-state index in [2.05, 4.69) is 4.74 Å². The molecule has 1 aliphatic heterocycles. The van der Waals surface area contributed by atoms with E-state index in [1.54, 1.807) is 0 Å². The number of hydrogen-bond acceptors (Lipinski definition) is 3. The quantitative estimate of drug-likeness (QED) is 0.393. The largest absolute Gasteiger partial charge is 0.393 e. The SMILES string of the molecule is O=C1CC(C2CC2)C(=O)O1. The summed E-state index contributed by atoms with van der Waals surface area (Å²) in [6.45, 7) is 0. The minimum absolute atomic E-state index is 0.0903. The number of ether oxygens (including phenoxy) is 1. The van der Waals surface area contributed by atoms with E-state index in [1.807, 2.05) is 0 Å². The molecule has 1 atom stereocenters. The second-order valence-corrected chi connectivity index (χ2v) is 2.94. The third-order valence-corrected chi connectivity index (χ3v) is 2.09. The van der Waals surface area contributed by atoms with Gasteiger partial charge in [0.25, 0.3) is 0 Å². The van der Waals surface area contributed by atoms with Gasteiger partial charge in [-0.3, -0.25) is 9.59 Å². The van der Waals surface area contributed by atoms with Gasteiger partial charge in [-0.2, -0.15) is 0 Å². The van der Waals surface area contributed by atoms with Crippen LogP contribution in [0.3, 0.4) is 0 Å². The van der Waals surface area contributed by atoms with Crippen molar-refractivity contribution in [2.75, 3.05) is 0 Å². The maximum Gasteiger partial charge on any atom is 0.317 e. The highest BCUT2D eigenvalue weighted by Gasteiger charge is 2.43. The van der Waals surface area contributed by atoms with Crippen LogP contribution in [0.1, 0.15) is 19.3 Å². The number of carbonyl (C=O) groups excluding carboxylic acids is 2. The van der Waals surface area contributed by atoms with E-state index in [1.165, 1.54) is 0 Å². The van der Waals surface area contributed by atoms with Crippen LogP contribution in [0.4, 0.5) is 0 Å². The van der Waals surface area contributed by atoms with Crippen molar-refractivity contribution in [3.63, 3.8) is 0 Å². The van der Waals surface area contributed by atoms with E-state index >= 15 is 0 Å². The smallest absolute Gasteiger partial charge is 0.317 e. The second-order valence-electron chi connectivity index (χ2n) is 2.94. The van der Waals surface area contributed by atoms with E-state index in [4.69, 9.17) is 0 Å². The first-order valence-corrected chi connectivity index (χ1v) is 3.52. The summed E-state index contributed by atoms with van der Waals surface area (Å²) in [6, 6.07) is 0. The predicted octanol–water partition coefficient (Wildman–Crippen LogP) is 0.486. The molecule has 1 aliphatic carbocycles. The van der Waals surface area contributed by atoms with E-state index < -0.39 is 0 Å². The Morgan fingerprint density at radius 1 is 1.30 bits per heavy atom. The molecule has 0 bridgehead atoms. The van der Waals surface area contributed by atoms with Crippen LogP contribution in [-0.4, -0.2) is 11.9 Å². The molecule has 0 aromatic heterocycles. The lowest BCUT2D eigenvalue weighted by Gasteiger charge is -1.96. The molecule has 3 nitrogen and oxygen atoms in total. The van der Waals surface area contributed by atoms with E-state index in [-0.39, 0.29) is 17.9 Å². The summed E-state index contributed by atoms with van der Waals surface area (Å²) in [7, 11) is 0. The Bertz CT molecular complexity index is 193. The maximum atomic E-state index is 10.8. The Morgan fingerprint density at radius 3 is 2.40 bits per heavy atom. The molecule has 1 unspecified atom stereocenters. The van der Waals surface area contributed by atoms with Crippen molar-refractivity contribution in [3.05, 3.63) is 0 Å². The fourth-order valence-electron chi connectivity index (χ4n) is 1.35. The first-order valence-electron chi connectivity index (χ1n) is 3.52. The van der Waals surface area contributed by atoms with Gasteiger partial charge in [0.15, 0.2) is 0 Å². The minimum Gasteiger partial charge on any atom is -0.393 e. The Labute approximate surface area is 58.4 Å². The van der Waals surface area contributed by atoms with Crippen molar-refractivity contribution in [3.8, 4) is 0 Å². The number of cyclic esters (lactones) is 2. The highest BCUT2D eigenvalue weighted by atomic mass is 16.6. The molecule has 0 radical (unpaired) electrons. The molecule has 54 valence electrons. The first kappa shape index (κ1) is 5.89. The maximum absolute atomic E-state index is 10.8. The van der Waals surface area contributed by atoms with Crippen molar-refractivity contribution in [1.29, 1.82) is 0 Å². The Balaban J connectivity index is 2.08. The van der Waals surface area contributed by atoms with Gasteiger partial charge >= 0.3 is 11.9 Å². The molecule has 0 spiro atoms.